The maximum atomic E-state index is 4.14. The van der Waals surface area contributed by atoms with Gasteiger partial charge in [-0.15, -0.1) is 0 Å². The van der Waals surface area contributed by atoms with Crippen molar-refractivity contribution in [2.75, 3.05) is 13.6 Å². The van der Waals surface area contributed by atoms with Gasteiger partial charge < -0.3 is 4.90 Å². The molecule has 1 heterocycles. The second-order valence-corrected chi connectivity index (χ2v) is 3.77. The predicted octanol–water partition coefficient (Wildman–Crippen LogP) is 1.30. The number of nitrogens with zero attached hydrogens (tertiary/aromatic N) is 3. The molecule has 3 heteroatoms. The molecule has 1 rings (SSSR count). The molecule has 0 aliphatic heterocycles. The van der Waals surface area contributed by atoms with Gasteiger partial charge in [0.25, 0.3) is 0 Å². The highest BCUT2D eigenvalue weighted by Gasteiger charge is 2.04. The average Bonchev–Trinajstić information content (AvgIpc) is 2.47. The molecule has 0 aliphatic carbocycles. The van der Waals surface area contributed by atoms with Gasteiger partial charge in [-0.3, -0.25) is 4.68 Å². The zero-order valence-electron chi connectivity index (χ0n) is 8.99. The lowest BCUT2D eigenvalue weighted by molar-refractivity contribution is 0.275. The van der Waals surface area contributed by atoms with E-state index in [4.69, 9.17) is 0 Å². The summed E-state index contributed by atoms with van der Waals surface area (Å²) in [7, 11) is 4.14. The van der Waals surface area contributed by atoms with Crippen molar-refractivity contribution in [3.8, 4) is 0 Å². The van der Waals surface area contributed by atoms with Gasteiger partial charge in [0.05, 0.1) is 0 Å². The Morgan fingerprint density at radius 3 is 2.69 bits per heavy atom. The highest BCUT2D eigenvalue weighted by Crippen LogP contribution is 2.00. The van der Waals surface area contributed by atoms with Crippen LogP contribution in [-0.2, 0) is 13.5 Å². The minimum atomic E-state index is 0.619. The first-order valence-corrected chi connectivity index (χ1v) is 4.78. The third kappa shape index (κ3) is 2.84. The molecule has 74 valence electrons. The molecule has 3 nitrogen and oxygen atoms in total. The van der Waals surface area contributed by atoms with Crippen molar-refractivity contribution in [3.63, 3.8) is 0 Å². The number of aryl methyl sites for hydroxylation is 1. The van der Waals surface area contributed by atoms with Gasteiger partial charge in [-0.1, -0.05) is 0 Å². The van der Waals surface area contributed by atoms with E-state index in [1.807, 2.05) is 17.9 Å². The summed E-state index contributed by atoms with van der Waals surface area (Å²) < 4.78 is 1.94. The molecule has 0 aliphatic rings. The molecule has 0 radical (unpaired) electrons. The van der Waals surface area contributed by atoms with E-state index in [9.17, 15) is 0 Å². The predicted molar refractivity (Wildman–Crippen MR) is 54.7 cm³/mol. The van der Waals surface area contributed by atoms with Crippen molar-refractivity contribution in [2.24, 2.45) is 7.05 Å². The molecule has 0 atom stereocenters. The summed E-state index contributed by atoms with van der Waals surface area (Å²) in [5.41, 5.74) is 1.30. The smallest absolute Gasteiger partial charge is 0.0492 e. The van der Waals surface area contributed by atoms with Crippen LogP contribution in [0.3, 0.4) is 0 Å². The van der Waals surface area contributed by atoms with Gasteiger partial charge in [0.15, 0.2) is 0 Å². The van der Waals surface area contributed by atoms with Gasteiger partial charge in [0.1, 0.15) is 0 Å². The Morgan fingerprint density at radius 1 is 1.54 bits per heavy atom. The quantitative estimate of drug-likeness (QED) is 0.698. The molecular formula is C10H19N3. The van der Waals surface area contributed by atoms with Crippen LogP contribution in [0, 0.1) is 0 Å². The van der Waals surface area contributed by atoms with E-state index in [-0.39, 0.29) is 0 Å². The van der Waals surface area contributed by atoms with Crippen molar-refractivity contribution >= 4 is 0 Å². The van der Waals surface area contributed by atoms with Crippen LogP contribution in [0.5, 0.6) is 0 Å². The zero-order chi connectivity index (χ0) is 9.84. The van der Waals surface area contributed by atoms with Gasteiger partial charge >= 0.3 is 0 Å². The molecule has 1 aromatic heterocycles. The minimum absolute atomic E-state index is 0.619. The first kappa shape index (κ1) is 10.3. The third-order valence-electron chi connectivity index (χ3n) is 2.52. The van der Waals surface area contributed by atoms with E-state index in [1.165, 1.54) is 5.69 Å². The van der Waals surface area contributed by atoms with Crippen LogP contribution in [0.15, 0.2) is 12.3 Å². The summed E-state index contributed by atoms with van der Waals surface area (Å²) in [6.07, 6.45) is 2.93. The normalized spacial score (nSPS) is 11.5. The summed E-state index contributed by atoms with van der Waals surface area (Å²) in [6, 6.07) is 2.70. The molecule has 0 bridgehead atoms. The fourth-order valence-corrected chi connectivity index (χ4v) is 1.20. The summed E-state index contributed by atoms with van der Waals surface area (Å²) in [5.74, 6) is 0. The highest BCUT2D eigenvalue weighted by molar-refractivity contribution is 5.00. The fourth-order valence-electron chi connectivity index (χ4n) is 1.20. The molecule has 0 saturated heterocycles. The SMILES string of the molecule is CC(C)N(C)CCc1ccnn1C. The lowest BCUT2D eigenvalue weighted by atomic mass is 10.2. The Labute approximate surface area is 80.4 Å². The van der Waals surface area contributed by atoms with Crippen molar-refractivity contribution in [3.05, 3.63) is 18.0 Å². The molecule has 0 saturated carbocycles. The zero-order valence-corrected chi connectivity index (χ0v) is 8.99. The van der Waals surface area contributed by atoms with Crippen LogP contribution in [-0.4, -0.2) is 34.3 Å². The topological polar surface area (TPSA) is 21.1 Å². The second-order valence-electron chi connectivity index (χ2n) is 3.77. The lowest BCUT2D eigenvalue weighted by Gasteiger charge is -2.20. The van der Waals surface area contributed by atoms with Crippen molar-refractivity contribution in [1.29, 1.82) is 0 Å². The van der Waals surface area contributed by atoms with Crippen LogP contribution in [0.4, 0.5) is 0 Å². The Bertz CT molecular complexity index is 252. The number of hydrogen-bond donors (Lipinski definition) is 0. The van der Waals surface area contributed by atoms with Crippen LogP contribution in [0.1, 0.15) is 19.5 Å². The summed E-state index contributed by atoms with van der Waals surface area (Å²) in [5, 5.41) is 4.14. The first-order valence-electron chi connectivity index (χ1n) is 4.78. The van der Waals surface area contributed by atoms with Crippen molar-refractivity contribution in [2.45, 2.75) is 26.3 Å². The minimum Gasteiger partial charge on any atom is -0.304 e. The van der Waals surface area contributed by atoms with Crippen molar-refractivity contribution in [1.82, 2.24) is 14.7 Å². The molecular weight excluding hydrogens is 162 g/mol. The van der Waals surface area contributed by atoms with E-state index in [0.29, 0.717) is 6.04 Å². The maximum absolute atomic E-state index is 4.14. The van der Waals surface area contributed by atoms with Gasteiger partial charge in [0.2, 0.25) is 0 Å². The molecule has 0 amide bonds. The number of rotatable bonds is 4. The molecule has 13 heavy (non-hydrogen) atoms. The summed E-state index contributed by atoms with van der Waals surface area (Å²) in [6.45, 7) is 5.52. The molecule has 1 aromatic rings. The van der Waals surface area contributed by atoms with E-state index in [1.54, 1.807) is 0 Å². The van der Waals surface area contributed by atoms with E-state index in [2.05, 4.69) is 37.0 Å². The largest absolute Gasteiger partial charge is 0.304 e. The average molecular weight is 181 g/mol. The molecule has 0 aromatic carbocycles. The molecule has 0 unspecified atom stereocenters. The van der Waals surface area contributed by atoms with Crippen LogP contribution >= 0.6 is 0 Å². The van der Waals surface area contributed by atoms with Crippen molar-refractivity contribution < 1.29 is 0 Å². The Morgan fingerprint density at radius 2 is 2.23 bits per heavy atom. The molecule has 0 N–H and O–H groups in total. The Kier molecular flexibility index (Phi) is 3.48. The van der Waals surface area contributed by atoms with Gasteiger partial charge in [-0.25, -0.2) is 0 Å². The first-order chi connectivity index (χ1) is 6.11. The van der Waals surface area contributed by atoms with Crippen LogP contribution in [0.25, 0.3) is 0 Å². The van der Waals surface area contributed by atoms with Gasteiger partial charge in [0, 0.05) is 37.9 Å². The Balaban J connectivity index is 2.39. The van der Waals surface area contributed by atoms with E-state index >= 15 is 0 Å². The molecule has 0 fully saturated rings. The van der Waals surface area contributed by atoms with Gasteiger partial charge in [-0.05, 0) is 27.0 Å². The van der Waals surface area contributed by atoms with Crippen LogP contribution in [0.2, 0.25) is 0 Å². The fraction of sp³-hybridized carbons (Fsp3) is 0.700. The third-order valence-corrected chi connectivity index (χ3v) is 2.52. The van der Waals surface area contributed by atoms with E-state index in [0.717, 1.165) is 13.0 Å². The van der Waals surface area contributed by atoms with Gasteiger partial charge in [-0.2, -0.15) is 5.10 Å². The summed E-state index contributed by atoms with van der Waals surface area (Å²) in [4.78, 5) is 2.34. The maximum Gasteiger partial charge on any atom is 0.0492 e. The summed E-state index contributed by atoms with van der Waals surface area (Å²) >= 11 is 0. The van der Waals surface area contributed by atoms with Crippen LogP contribution < -0.4 is 0 Å². The monoisotopic (exact) mass is 181 g/mol. The second kappa shape index (κ2) is 4.42. The Hall–Kier alpha value is -0.830. The highest BCUT2D eigenvalue weighted by atomic mass is 15.3. The van der Waals surface area contributed by atoms with E-state index < -0.39 is 0 Å². The lowest BCUT2D eigenvalue weighted by Crippen LogP contribution is -2.28. The molecule has 0 spiro atoms. The standard InChI is InChI=1S/C10H19N3/c1-9(2)12(3)8-6-10-5-7-11-13(10)4/h5,7,9H,6,8H2,1-4H3. The number of aromatic nitrogens is 2. The number of likely N-dealkylation sites (N-methyl/N-ethyl adjacent to an activating group) is 1. The number of hydrogen-bond acceptors (Lipinski definition) is 2.